The minimum atomic E-state index is -0.134. The van der Waals surface area contributed by atoms with Crippen molar-refractivity contribution >= 4 is 16.8 Å². The summed E-state index contributed by atoms with van der Waals surface area (Å²) in [7, 11) is 0. The van der Waals surface area contributed by atoms with Crippen LogP contribution in [0.2, 0.25) is 0 Å². The molecule has 5 heteroatoms. The van der Waals surface area contributed by atoms with Crippen LogP contribution in [0, 0.1) is 0 Å². The van der Waals surface area contributed by atoms with Crippen LogP contribution in [-0.4, -0.2) is 20.9 Å². The quantitative estimate of drug-likeness (QED) is 0.747. The number of pyridine rings is 2. The van der Waals surface area contributed by atoms with Gasteiger partial charge in [0.2, 0.25) is 0 Å². The fourth-order valence-corrected chi connectivity index (χ4v) is 1.90. The Balaban J connectivity index is 1.71. The molecule has 0 aliphatic carbocycles. The van der Waals surface area contributed by atoms with Crippen LogP contribution in [0.3, 0.4) is 0 Å². The molecule has 94 valence electrons. The molecule has 0 aromatic carbocycles. The van der Waals surface area contributed by atoms with E-state index in [1.807, 2.05) is 12.1 Å². The molecule has 0 radical (unpaired) electrons. The van der Waals surface area contributed by atoms with Gasteiger partial charge in [-0.15, -0.1) is 0 Å². The van der Waals surface area contributed by atoms with Gasteiger partial charge in [0.15, 0.2) is 0 Å². The first kappa shape index (κ1) is 11.4. The van der Waals surface area contributed by atoms with E-state index >= 15 is 0 Å². The minimum Gasteiger partial charge on any atom is -0.356 e. The second kappa shape index (κ2) is 4.89. The van der Waals surface area contributed by atoms with Gasteiger partial charge >= 0.3 is 0 Å². The Morgan fingerprint density at radius 1 is 1.21 bits per heavy atom. The summed E-state index contributed by atoms with van der Waals surface area (Å²) in [4.78, 5) is 23.0. The summed E-state index contributed by atoms with van der Waals surface area (Å²) in [6, 6.07) is 7.40. The van der Waals surface area contributed by atoms with Crippen LogP contribution >= 0.6 is 0 Å². The van der Waals surface area contributed by atoms with Crippen molar-refractivity contribution in [3.63, 3.8) is 0 Å². The zero-order valence-corrected chi connectivity index (χ0v) is 10.1. The van der Waals surface area contributed by atoms with Gasteiger partial charge in [0.25, 0.3) is 5.91 Å². The Kier molecular flexibility index (Phi) is 2.94. The van der Waals surface area contributed by atoms with Crippen molar-refractivity contribution in [3.8, 4) is 0 Å². The van der Waals surface area contributed by atoms with E-state index in [0.717, 1.165) is 16.6 Å². The molecule has 3 rings (SSSR count). The van der Waals surface area contributed by atoms with Gasteiger partial charge < -0.3 is 10.3 Å². The zero-order chi connectivity index (χ0) is 13.1. The van der Waals surface area contributed by atoms with Gasteiger partial charge in [0, 0.05) is 29.7 Å². The number of carbonyl (C=O) groups is 1. The number of amides is 1. The smallest absolute Gasteiger partial charge is 0.253 e. The fraction of sp³-hybridized carbons (Fsp3) is 0.0714. The number of hydrogen-bond acceptors (Lipinski definition) is 3. The number of H-pyrrole nitrogens is 1. The van der Waals surface area contributed by atoms with Crippen LogP contribution in [0.5, 0.6) is 0 Å². The summed E-state index contributed by atoms with van der Waals surface area (Å²) >= 11 is 0. The van der Waals surface area contributed by atoms with E-state index < -0.39 is 0 Å². The highest BCUT2D eigenvalue weighted by atomic mass is 16.1. The Bertz CT molecular complexity index is 673. The second-order valence-corrected chi connectivity index (χ2v) is 4.18. The average Bonchev–Trinajstić information content (AvgIpc) is 2.88. The lowest BCUT2D eigenvalue weighted by molar-refractivity contribution is 0.0950. The number of carbonyl (C=O) groups excluding carboxylic acids is 1. The topological polar surface area (TPSA) is 70.7 Å². The van der Waals surface area contributed by atoms with Crippen LogP contribution in [-0.2, 0) is 6.54 Å². The molecule has 0 aliphatic heterocycles. The van der Waals surface area contributed by atoms with Gasteiger partial charge in [-0.25, -0.2) is 0 Å². The van der Waals surface area contributed by atoms with Crippen molar-refractivity contribution in [1.82, 2.24) is 20.3 Å². The molecule has 2 N–H and O–H groups in total. The van der Waals surface area contributed by atoms with Crippen molar-refractivity contribution in [2.75, 3.05) is 0 Å². The summed E-state index contributed by atoms with van der Waals surface area (Å²) in [6.07, 6.45) is 6.70. The van der Waals surface area contributed by atoms with E-state index in [4.69, 9.17) is 0 Å². The molecule has 0 unspecified atom stereocenters. The average molecular weight is 252 g/mol. The summed E-state index contributed by atoms with van der Waals surface area (Å²) < 4.78 is 0. The molecule has 3 heterocycles. The maximum absolute atomic E-state index is 11.9. The van der Waals surface area contributed by atoms with E-state index in [2.05, 4.69) is 20.3 Å². The predicted molar refractivity (Wildman–Crippen MR) is 71.5 cm³/mol. The lowest BCUT2D eigenvalue weighted by atomic mass is 10.2. The van der Waals surface area contributed by atoms with Crippen molar-refractivity contribution in [2.45, 2.75) is 6.54 Å². The number of aromatic nitrogens is 3. The first-order valence-corrected chi connectivity index (χ1v) is 5.93. The molecule has 1 amide bonds. The largest absolute Gasteiger partial charge is 0.356 e. The van der Waals surface area contributed by atoms with Crippen LogP contribution in [0.4, 0.5) is 0 Å². The SMILES string of the molecule is O=C(NCc1cc2ccncc2[nH]1)c1cccnc1. The summed E-state index contributed by atoms with van der Waals surface area (Å²) in [6.45, 7) is 0.447. The third kappa shape index (κ3) is 2.44. The van der Waals surface area contributed by atoms with Gasteiger partial charge in [-0.2, -0.15) is 0 Å². The molecule has 0 saturated carbocycles. The Labute approximate surface area is 109 Å². The molecule has 0 bridgehead atoms. The molecular weight excluding hydrogens is 240 g/mol. The summed E-state index contributed by atoms with van der Waals surface area (Å²) in [5.74, 6) is -0.134. The van der Waals surface area contributed by atoms with Crippen LogP contribution in [0.1, 0.15) is 16.1 Å². The Morgan fingerprint density at radius 2 is 2.11 bits per heavy atom. The molecule has 3 aromatic heterocycles. The van der Waals surface area contributed by atoms with Gasteiger partial charge in [0.1, 0.15) is 0 Å². The monoisotopic (exact) mass is 252 g/mol. The minimum absolute atomic E-state index is 0.134. The number of nitrogens with zero attached hydrogens (tertiary/aromatic N) is 2. The van der Waals surface area contributed by atoms with Gasteiger partial charge in [-0.3, -0.25) is 14.8 Å². The van der Waals surface area contributed by atoms with E-state index in [-0.39, 0.29) is 5.91 Å². The highest BCUT2D eigenvalue weighted by Crippen LogP contribution is 2.13. The number of rotatable bonds is 3. The van der Waals surface area contributed by atoms with Crippen molar-refractivity contribution in [1.29, 1.82) is 0 Å². The molecule has 3 aromatic rings. The molecule has 0 aliphatic rings. The predicted octanol–water partition coefficient (Wildman–Crippen LogP) is 1.89. The lowest BCUT2D eigenvalue weighted by Gasteiger charge is -2.02. The molecule has 0 atom stereocenters. The molecular formula is C14H12N4O. The fourth-order valence-electron chi connectivity index (χ4n) is 1.90. The maximum atomic E-state index is 11.9. The Morgan fingerprint density at radius 3 is 2.89 bits per heavy atom. The molecule has 0 fully saturated rings. The number of aromatic amines is 1. The van der Waals surface area contributed by atoms with E-state index in [1.165, 1.54) is 0 Å². The molecule has 0 spiro atoms. The van der Waals surface area contributed by atoms with Crippen LogP contribution in [0.25, 0.3) is 10.9 Å². The first-order valence-electron chi connectivity index (χ1n) is 5.93. The summed E-state index contributed by atoms with van der Waals surface area (Å²) in [5.41, 5.74) is 2.47. The van der Waals surface area contributed by atoms with Gasteiger partial charge in [-0.05, 0) is 24.3 Å². The highest BCUT2D eigenvalue weighted by molar-refractivity contribution is 5.93. The van der Waals surface area contributed by atoms with Gasteiger partial charge in [0.05, 0.1) is 23.8 Å². The lowest BCUT2D eigenvalue weighted by Crippen LogP contribution is -2.22. The molecule has 19 heavy (non-hydrogen) atoms. The molecule has 0 saturated heterocycles. The number of nitrogens with one attached hydrogen (secondary N) is 2. The zero-order valence-electron chi connectivity index (χ0n) is 10.1. The second-order valence-electron chi connectivity index (χ2n) is 4.18. The highest BCUT2D eigenvalue weighted by Gasteiger charge is 2.06. The third-order valence-corrected chi connectivity index (χ3v) is 2.84. The number of hydrogen-bond donors (Lipinski definition) is 2. The standard InChI is InChI=1S/C14H12N4O/c19-14(11-2-1-4-15-7-11)17-8-12-6-10-3-5-16-9-13(10)18-12/h1-7,9,18H,8H2,(H,17,19). The van der Waals surface area contributed by atoms with Crippen LogP contribution < -0.4 is 5.32 Å². The summed E-state index contributed by atoms with van der Waals surface area (Å²) in [5, 5.41) is 3.93. The normalized spacial score (nSPS) is 10.5. The van der Waals surface area contributed by atoms with Crippen LogP contribution in [0.15, 0.2) is 49.1 Å². The van der Waals surface area contributed by atoms with E-state index in [9.17, 15) is 4.79 Å². The van der Waals surface area contributed by atoms with Crippen molar-refractivity contribution in [2.24, 2.45) is 0 Å². The van der Waals surface area contributed by atoms with Gasteiger partial charge in [-0.1, -0.05) is 0 Å². The Hall–Kier alpha value is -2.69. The van der Waals surface area contributed by atoms with E-state index in [0.29, 0.717) is 12.1 Å². The maximum Gasteiger partial charge on any atom is 0.253 e. The van der Waals surface area contributed by atoms with E-state index in [1.54, 1.807) is 36.9 Å². The molecule has 5 nitrogen and oxygen atoms in total. The van der Waals surface area contributed by atoms with Crippen molar-refractivity contribution < 1.29 is 4.79 Å². The first-order chi connectivity index (χ1) is 9.33. The number of fused-ring (bicyclic) bond motifs is 1. The van der Waals surface area contributed by atoms with Crippen molar-refractivity contribution in [3.05, 3.63) is 60.3 Å². The third-order valence-electron chi connectivity index (χ3n) is 2.84.